The lowest BCUT2D eigenvalue weighted by atomic mass is 10.0. The zero-order valence-corrected chi connectivity index (χ0v) is 22.7. The smallest absolute Gasteiger partial charge is 0.326 e. The molecule has 0 saturated carbocycles. The Morgan fingerprint density at radius 1 is 0.897 bits per heavy atom. The molecule has 0 aliphatic carbocycles. The summed E-state index contributed by atoms with van der Waals surface area (Å²) in [6.45, 7) is 2.62. The maximum atomic E-state index is 12.5. The first-order valence-corrected chi connectivity index (χ1v) is 12.6. The van der Waals surface area contributed by atoms with Gasteiger partial charge in [0.25, 0.3) is 11.8 Å². The molecule has 1 aliphatic rings. The van der Waals surface area contributed by atoms with Crippen molar-refractivity contribution in [2.75, 3.05) is 18.8 Å². The summed E-state index contributed by atoms with van der Waals surface area (Å²) < 4.78 is 5.17. The second-order valence-corrected chi connectivity index (χ2v) is 8.72. The molecule has 0 aromatic heterocycles. The molecule has 0 radical (unpaired) electrons. The number of unbranched alkanes of at least 4 members (excludes halogenated alkanes) is 1. The molecular weight excluding hydrogens is 526 g/mol. The topological polar surface area (TPSA) is 189 Å². The zero-order valence-electron chi connectivity index (χ0n) is 21.9. The van der Waals surface area contributed by atoms with E-state index in [-0.39, 0.29) is 31.2 Å². The van der Waals surface area contributed by atoms with Crippen molar-refractivity contribution in [1.82, 2.24) is 16.0 Å². The molecule has 1 saturated heterocycles. The van der Waals surface area contributed by atoms with E-state index >= 15 is 0 Å². The van der Waals surface area contributed by atoms with E-state index in [1.807, 2.05) is 60.7 Å². The molecule has 0 bridgehead atoms. The number of carbonyl (C=O) groups is 4. The lowest BCUT2D eigenvalue weighted by Gasteiger charge is -2.18. The van der Waals surface area contributed by atoms with Gasteiger partial charge in [0.2, 0.25) is 5.91 Å². The predicted octanol–water partition coefficient (Wildman–Crippen LogP) is 1.01. The van der Waals surface area contributed by atoms with Crippen molar-refractivity contribution in [2.24, 2.45) is 5.73 Å². The Bertz CT molecular complexity index is 1040. The number of likely N-dealkylation sites (N-methyl/N-ethyl adjacent to an activating group) is 1. The number of rotatable bonds is 13. The van der Waals surface area contributed by atoms with Gasteiger partial charge in [0, 0.05) is 18.7 Å². The van der Waals surface area contributed by atoms with Crippen LogP contribution in [0, 0.1) is 0 Å². The number of hydrogen-bond donors (Lipinski definition) is 6. The summed E-state index contributed by atoms with van der Waals surface area (Å²) in [5, 5.41) is 17.0. The summed E-state index contributed by atoms with van der Waals surface area (Å²) in [5.41, 5.74) is 12.4. The number of aliphatic carboxylic acids is 1. The van der Waals surface area contributed by atoms with Crippen molar-refractivity contribution in [3.05, 3.63) is 66.2 Å². The molecule has 4 atom stereocenters. The van der Waals surface area contributed by atoms with Crippen molar-refractivity contribution in [3.63, 3.8) is 0 Å². The average molecular weight is 564 g/mol. The first-order valence-electron chi connectivity index (χ1n) is 12.6. The number of halogens is 1. The van der Waals surface area contributed by atoms with E-state index in [0.29, 0.717) is 25.9 Å². The average Bonchev–Trinajstić information content (AvgIpc) is 3.71. The molecule has 11 nitrogen and oxygen atoms in total. The van der Waals surface area contributed by atoms with Gasteiger partial charge < -0.3 is 37.3 Å². The Balaban J connectivity index is 0.000000823. The van der Waals surface area contributed by atoms with Crippen LogP contribution in [0.4, 0.5) is 5.69 Å². The number of hydrogen-bond acceptors (Lipinski definition) is 7. The number of benzene rings is 2. The van der Waals surface area contributed by atoms with Crippen molar-refractivity contribution in [2.45, 2.75) is 56.9 Å². The summed E-state index contributed by atoms with van der Waals surface area (Å²) >= 11 is 0. The number of carboxylic acid groups (broad SMARTS) is 1. The minimum Gasteiger partial charge on any atom is -0.480 e. The molecule has 2 aromatic carbocycles. The van der Waals surface area contributed by atoms with Gasteiger partial charge in [-0.3, -0.25) is 14.4 Å². The number of epoxide rings is 1. The highest BCUT2D eigenvalue weighted by molar-refractivity contribution is 5.98. The van der Waals surface area contributed by atoms with Gasteiger partial charge in [0.15, 0.2) is 12.2 Å². The third-order valence-corrected chi connectivity index (χ3v) is 5.64. The zero-order chi connectivity index (χ0) is 27.9. The minimum atomic E-state index is -1.16. The summed E-state index contributed by atoms with van der Waals surface area (Å²) in [6.07, 6.45) is -0.429. The molecule has 214 valence electrons. The monoisotopic (exact) mass is 563 g/mol. The summed E-state index contributed by atoms with van der Waals surface area (Å²) in [5.74, 6) is -2.77. The molecule has 2 unspecified atom stereocenters. The van der Waals surface area contributed by atoms with Gasteiger partial charge in [0.1, 0.15) is 12.1 Å². The van der Waals surface area contributed by atoms with E-state index in [1.165, 1.54) is 0 Å². The largest absolute Gasteiger partial charge is 0.480 e. The molecule has 2 aromatic rings. The van der Waals surface area contributed by atoms with Crippen molar-refractivity contribution >= 4 is 41.8 Å². The number of nitrogens with two attached hydrogens (primary N) is 2. The normalized spacial score (nSPS) is 16.7. The van der Waals surface area contributed by atoms with Crippen LogP contribution in [0.5, 0.6) is 0 Å². The number of ether oxygens (including phenoxy) is 1. The molecule has 39 heavy (non-hydrogen) atoms. The minimum absolute atomic E-state index is 0. The molecule has 8 N–H and O–H groups in total. The number of amides is 3. The molecule has 0 spiro atoms. The first-order chi connectivity index (χ1) is 18.3. The van der Waals surface area contributed by atoms with Crippen molar-refractivity contribution < 1.29 is 29.0 Å². The fraction of sp³-hybridized carbons (Fsp3) is 0.407. The number of nitrogen functional groups attached to an aromatic ring is 1. The molecule has 1 aliphatic heterocycles. The SMILES string of the molecule is CCNC(=O)[C@H](Cc1ccccc1)NC(=O)C1OC1C(=O)N[C@@H](CCCCN)C(=O)O.Cl.Nc1ccccc1. The standard InChI is InChI=1S/C21H30N4O6.C6H7N.ClH/c1-2-23-18(26)15(12-13-8-4-3-5-9-13)25-20(28)17-16(31-17)19(27)24-14(21(29)30)10-6-7-11-22;7-6-4-2-1-3-5-6;/h3-5,8-9,14-17H,2,6-7,10-12,22H2,1H3,(H,23,26)(H,24,27)(H,25,28)(H,29,30);1-5H,7H2;1H/t14-,15-,16?,17?;;/m0../s1. The molecular formula is C27H38ClN5O6. The van der Waals surface area contributed by atoms with E-state index in [9.17, 15) is 24.3 Å². The quantitative estimate of drug-likeness (QED) is 0.118. The highest BCUT2D eigenvalue weighted by Crippen LogP contribution is 2.23. The Morgan fingerprint density at radius 3 is 1.90 bits per heavy atom. The molecule has 1 fully saturated rings. The third-order valence-electron chi connectivity index (χ3n) is 5.64. The van der Waals surface area contributed by atoms with E-state index in [2.05, 4.69) is 16.0 Å². The number of carboxylic acids is 1. The maximum absolute atomic E-state index is 12.5. The highest BCUT2D eigenvalue weighted by Gasteiger charge is 2.51. The Morgan fingerprint density at radius 2 is 1.44 bits per heavy atom. The van der Waals surface area contributed by atoms with Crippen LogP contribution in [0.15, 0.2) is 60.7 Å². The van der Waals surface area contributed by atoms with E-state index in [0.717, 1.165) is 11.3 Å². The van der Waals surface area contributed by atoms with Crippen LogP contribution >= 0.6 is 12.4 Å². The van der Waals surface area contributed by atoms with Crippen molar-refractivity contribution in [3.8, 4) is 0 Å². The number of para-hydroxylation sites is 1. The summed E-state index contributed by atoms with van der Waals surface area (Å²) in [7, 11) is 0. The third kappa shape index (κ3) is 12.2. The van der Waals surface area contributed by atoms with Gasteiger partial charge in [-0.15, -0.1) is 12.4 Å². The first kappa shape index (κ1) is 33.4. The molecule has 12 heteroatoms. The Kier molecular flexibility index (Phi) is 15.2. The molecule has 3 amide bonds. The fourth-order valence-corrected chi connectivity index (χ4v) is 3.58. The van der Waals surface area contributed by atoms with Crippen LogP contribution < -0.4 is 27.4 Å². The van der Waals surface area contributed by atoms with Crippen LogP contribution in [-0.4, -0.2) is 66.2 Å². The second kappa shape index (κ2) is 17.8. The van der Waals surface area contributed by atoms with Crippen LogP contribution in [0.2, 0.25) is 0 Å². The molecule has 3 rings (SSSR count). The highest BCUT2D eigenvalue weighted by atomic mass is 35.5. The lowest BCUT2D eigenvalue weighted by Crippen LogP contribution is -2.50. The summed E-state index contributed by atoms with van der Waals surface area (Å²) in [4.78, 5) is 48.5. The number of carbonyl (C=O) groups excluding carboxylic acids is 3. The molecule has 1 heterocycles. The Labute approximate surface area is 234 Å². The van der Waals surface area contributed by atoms with Gasteiger partial charge in [0.05, 0.1) is 0 Å². The van der Waals surface area contributed by atoms with E-state index in [1.54, 1.807) is 6.92 Å². The van der Waals surface area contributed by atoms with Crippen LogP contribution in [0.3, 0.4) is 0 Å². The van der Waals surface area contributed by atoms with Gasteiger partial charge in [-0.05, 0) is 50.4 Å². The second-order valence-electron chi connectivity index (χ2n) is 8.72. The number of nitrogens with one attached hydrogen (secondary N) is 3. The lowest BCUT2D eigenvalue weighted by molar-refractivity contribution is -0.142. The number of anilines is 1. The van der Waals surface area contributed by atoms with E-state index < -0.39 is 42.1 Å². The van der Waals surface area contributed by atoms with Crippen LogP contribution in [-0.2, 0) is 30.3 Å². The van der Waals surface area contributed by atoms with Gasteiger partial charge in [-0.1, -0.05) is 48.5 Å². The van der Waals surface area contributed by atoms with Gasteiger partial charge >= 0.3 is 5.97 Å². The summed E-state index contributed by atoms with van der Waals surface area (Å²) in [6, 6.07) is 16.8. The van der Waals surface area contributed by atoms with Gasteiger partial charge in [-0.2, -0.15) is 0 Å². The Hall–Kier alpha value is -3.67. The van der Waals surface area contributed by atoms with Crippen molar-refractivity contribution in [1.29, 1.82) is 0 Å². The maximum Gasteiger partial charge on any atom is 0.326 e. The fourth-order valence-electron chi connectivity index (χ4n) is 3.58. The predicted molar refractivity (Wildman–Crippen MR) is 150 cm³/mol. The van der Waals surface area contributed by atoms with Crippen LogP contribution in [0.25, 0.3) is 0 Å². The van der Waals surface area contributed by atoms with Crippen LogP contribution in [0.1, 0.15) is 31.7 Å². The van der Waals surface area contributed by atoms with E-state index in [4.69, 9.17) is 16.2 Å². The van der Waals surface area contributed by atoms with Gasteiger partial charge in [-0.25, -0.2) is 4.79 Å².